The van der Waals surface area contributed by atoms with Crippen molar-refractivity contribution in [2.75, 3.05) is 0 Å². The number of rotatable bonds is 2. The highest BCUT2D eigenvalue weighted by Crippen LogP contribution is 2.60. The molecule has 0 radical (unpaired) electrons. The van der Waals surface area contributed by atoms with Gasteiger partial charge in [0.05, 0.1) is 5.56 Å². The number of benzene rings is 1. The van der Waals surface area contributed by atoms with E-state index in [0.29, 0.717) is 6.42 Å². The van der Waals surface area contributed by atoms with E-state index in [2.05, 4.69) is 6.58 Å². The van der Waals surface area contributed by atoms with Crippen LogP contribution in [0.2, 0.25) is 0 Å². The molecule has 0 saturated heterocycles. The first-order chi connectivity index (χ1) is 12.0. The molecule has 1 fully saturated rings. The van der Waals surface area contributed by atoms with Gasteiger partial charge in [-0.15, -0.1) is 0 Å². The summed E-state index contributed by atoms with van der Waals surface area (Å²) in [6.07, 6.45) is 0.827. The van der Waals surface area contributed by atoms with Crippen LogP contribution in [0.3, 0.4) is 0 Å². The Bertz CT molecular complexity index is 836. The molecule has 5 heteroatoms. The molecule has 3 N–H and O–H groups in total. The summed E-state index contributed by atoms with van der Waals surface area (Å²) >= 11 is 0. The van der Waals surface area contributed by atoms with Crippen LogP contribution < -0.4 is 0 Å². The van der Waals surface area contributed by atoms with Crippen molar-refractivity contribution in [1.29, 1.82) is 0 Å². The Morgan fingerprint density at radius 3 is 2.31 bits per heavy atom. The zero-order valence-electron chi connectivity index (χ0n) is 15.7. The fourth-order valence-electron chi connectivity index (χ4n) is 5.13. The number of carbonyl (C=O) groups excluding carboxylic acids is 2. The molecule has 0 aromatic heterocycles. The molecule has 0 aliphatic heterocycles. The molecule has 3 atom stereocenters. The lowest BCUT2D eigenvalue weighted by atomic mass is 9.56. The summed E-state index contributed by atoms with van der Waals surface area (Å²) in [4.78, 5) is 25.6. The van der Waals surface area contributed by atoms with E-state index in [1.165, 1.54) is 0 Å². The molecular weight excluding hydrogens is 332 g/mol. The largest absolute Gasteiger partial charge is 0.507 e. The van der Waals surface area contributed by atoms with Crippen molar-refractivity contribution in [3.63, 3.8) is 0 Å². The van der Waals surface area contributed by atoms with Crippen molar-refractivity contribution in [2.24, 2.45) is 11.8 Å². The molecule has 3 unspecified atom stereocenters. The molecule has 0 spiro atoms. The van der Waals surface area contributed by atoms with Crippen molar-refractivity contribution < 1.29 is 24.9 Å². The van der Waals surface area contributed by atoms with E-state index in [4.69, 9.17) is 0 Å². The number of hydrogen-bond donors (Lipinski definition) is 3. The average molecular weight is 358 g/mol. The Morgan fingerprint density at radius 2 is 1.77 bits per heavy atom. The van der Waals surface area contributed by atoms with Gasteiger partial charge in [-0.2, -0.15) is 0 Å². The number of carbonyl (C=O) groups is 2. The maximum absolute atomic E-state index is 13.3. The van der Waals surface area contributed by atoms with Crippen molar-refractivity contribution in [1.82, 2.24) is 0 Å². The molecule has 0 heterocycles. The number of ketones is 2. The van der Waals surface area contributed by atoms with E-state index in [1.807, 2.05) is 13.8 Å². The van der Waals surface area contributed by atoms with E-state index >= 15 is 0 Å². The van der Waals surface area contributed by atoms with E-state index in [-0.39, 0.29) is 70.2 Å². The Balaban J connectivity index is 2.45. The van der Waals surface area contributed by atoms with Crippen LogP contribution in [0.1, 0.15) is 74.4 Å². The molecule has 1 saturated carbocycles. The minimum atomic E-state index is -0.763. The normalized spacial score (nSPS) is 28.0. The van der Waals surface area contributed by atoms with E-state index in [1.54, 1.807) is 13.8 Å². The summed E-state index contributed by atoms with van der Waals surface area (Å²) in [5, 5.41) is 32.2. The predicted molar refractivity (Wildman–Crippen MR) is 97.9 cm³/mol. The molecule has 1 aromatic rings. The highest BCUT2D eigenvalue weighted by molar-refractivity contribution is 6.07. The molecular formula is C21H26O5. The van der Waals surface area contributed by atoms with Gasteiger partial charge in [-0.1, -0.05) is 32.9 Å². The second-order valence-corrected chi connectivity index (χ2v) is 8.32. The summed E-state index contributed by atoms with van der Waals surface area (Å²) in [7, 11) is 0. The van der Waals surface area contributed by atoms with Crippen LogP contribution in [0.4, 0.5) is 0 Å². The van der Waals surface area contributed by atoms with Gasteiger partial charge in [-0.25, -0.2) is 0 Å². The lowest BCUT2D eigenvalue weighted by Gasteiger charge is -2.46. The number of phenolic OH excluding ortho intramolecular Hbond substituents is 3. The quantitative estimate of drug-likeness (QED) is 0.423. The maximum atomic E-state index is 13.3. The first-order valence-electron chi connectivity index (χ1n) is 9.04. The van der Waals surface area contributed by atoms with Gasteiger partial charge < -0.3 is 15.3 Å². The Labute approximate surface area is 153 Å². The number of aromatic hydroxyl groups is 3. The highest BCUT2D eigenvalue weighted by atomic mass is 16.3. The number of Topliss-reactive ketones (excluding diaryl/α,β-unsaturated/α-hetero) is 2. The van der Waals surface area contributed by atoms with Crippen molar-refractivity contribution in [3.05, 3.63) is 28.8 Å². The molecule has 2 aliphatic rings. The number of fused-ring (bicyclic) bond motifs is 4. The first kappa shape index (κ1) is 18.5. The molecule has 0 amide bonds. The van der Waals surface area contributed by atoms with Crippen LogP contribution in [0.5, 0.6) is 17.2 Å². The number of phenols is 3. The summed E-state index contributed by atoms with van der Waals surface area (Å²) < 4.78 is 0. The fraction of sp³-hybridized carbons (Fsp3) is 0.524. The summed E-state index contributed by atoms with van der Waals surface area (Å²) in [6, 6.07) is 0. The van der Waals surface area contributed by atoms with Gasteiger partial charge in [0.2, 0.25) is 0 Å². The summed E-state index contributed by atoms with van der Waals surface area (Å²) in [5.74, 6) is -2.60. The molecule has 1 aromatic carbocycles. The van der Waals surface area contributed by atoms with Crippen LogP contribution >= 0.6 is 0 Å². The van der Waals surface area contributed by atoms with E-state index in [0.717, 1.165) is 5.57 Å². The molecule has 3 rings (SSSR count). The standard InChI is InChI=1S/C21H26O5/c1-9(2)13-18(24)14-16(20(26)19(13)25)21(5)7-6-11(22)8-12(17(14)23)15(21)10(3)4/h9,12,15,24-26H,3,6-8H2,1-2,4-5H3. The maximum Gasteiger partial charge on any atom is 0.171 e. The zero-order valence-corrected chi connectivity index (χ0v) is 15.7. The van der Waals surface area contributed by atoms with E-state index < -0.39 is 11.3 Å². The van der Waals surface area contributed by atoms with Crippen LogP contribution in [0.15, 0.2) is 12.2 Å². The van der Waals surface area contributed by atoms with Crippen LogP contribution in [-0.2, 0) is 10.2 Å². The second-order valence-electron chi connectivity index (χ2n) is 8.32. The fourth-order valence-corrected chi connectivity index (χ4v) is 5.13. The number of allylic oxidation sites excluding steroid dienone is 1. The third kappa shape index (κ3) is 2.29. The van der Waals surface area contributed by atoms with Gasteiger partial charge in [0.25, 0.3) is 0 Å². The van der Waals surface area contributed by atoms with Crippen molar-refractivity contribution >= 4 is 11.6 Å². The Kier molecular flexibility index (Phi) is 4.17. The second kappa shape index (κ2) is 5.86. The first-order valence-corrected chi connectivity index (χ1v) is 9.04. The van der Waals surface area contributed by atoms with Gasteiger partial charge in [0.15, 0.2) is 17.3 Å². The van der Waals surface area contributed by atoms with Gasteiger partial charge in [-0.05, 0) is 25.2 Å². The highest BCUT2D eigenvalue weighted by Gasteiger charge is 2.55. The molecule has 140 valence electrons. The molecule has 2 bridgehead atoms. The zero-order chi connectivity index (χ0) is 19.5. The Morgan fingerprint density at radius 1 is 1.15 bits per heavy atom. The van der Waals surface area contributed by atoms with Crippen LogP contribution in [0.25, 0.3) is 0 Å². The summed E-state index contributed by atoms with van der Waals surface area (Å²) in [6.45, 7) is 11.3. The lowest BCUT2D eigenvalue weighted by Crippen LogP contribution is -2.45. The van der Waals surface area contributed by atoms with Crippen LogP contribution in [-0.4, -0.2) is 26.9 Å². The van der Waals surface area contributed by atoms with Gasteiger partial charge in [-0.3, -0.25) is 9.59 Å². The SMILES string of the molecule is C=C(C)C1C2CC(=O)CCC1(C)c1c(O)c(O)c(C(C)C)c(O)c1C2=O. The minimum absolute atomic E-state index is 0.00147. The third-order valence-corrected chi connectivity index (χ3v) is 6.18. The average Bonchev–Trinajstić information content (AvgIpc) is 2.64. The molecule has 2 aliphatic carbocycles. The van der Waals surface area contributed by atoms with Gasteiger partial charge >= 0.3 is 0 Å². The lowest BCUT2D eigenvalue weighted by molar-refractivity contribution is -0.119. The van der Waals surface area contributed by atoms with Crippen molar-refractivity contribution in [3.8, 4) is 17.2 Å². The molecule has 26 heavy (non-hydrogen) atoms. The summed E-state index contributed by atoms with van der Waals surface area (Å²) in [5.41, 5.74) is 0.470. The molecule has 5 nitrogen and oxygen atoms in total. The van der Waals surface area contributed by atoms with Gasteiger partial charge in [0, 0.05) is 35.3 Å². The van der Waals surface area contributed by atoms with Gasteiger partial charge in [0.1, 0.15) is 11.5 Å². The Hall–Kier alpha value is -2.30. The van der Waals surface area contributed by atoms with E-state index in [9.17, 15) is 24.9 Å². The van der Waals surface area contributed by atoms with Crippen molar-refractivity contribution in [2.45, 2.75) is 58.3 Å². The third-order valence-electron chi connectivity index (χ3n) is 6.18. The predicted octanol–water partition coefficient (Wildman–Crippen LogP) is 3.94. The topological polar surface area (TPSA) is 94.8 Å². The number of hydrogen-bond acceptors (Lipinski definition) is 5. The minimum Gasteiger partial charge on any atom is -0.507 e. The monoisotopic (exact) mass is 358 g/mol. The smallest absolute Gasteiger partial charge is 0.171 e. The van der Waals surface area contributed by atoms with Crippen LogP contribution in [0, 0.1) is 11.8 Å².